The van der Waals surface area contributed by atoms with Crippen LogP contribution in [0.25, 0.3) is 0 Å². The van der Waals surface area contributed by atoms with Gasteiger partial charge >= 0.3 is 0 Å². The molecule has 4 nitrogen and oxygen atoms in total. The Kier molecular flexibility index (Phi) is 3.69. The van der Waals surface area contributed by atoms with Gasteiger partial charge in [-0.2, -0.15) is 11.3 Å². The summed E-state index contributed by atoms with van der Waals surface area (Å²) in [5.74, 6) is 0. The molecule has 16 heavy (non-hydrogen) atoms. The quantitative estimate of drug-likeness (QED) is 0.865. The molecule has 0 aliphatic heterocycles. The molecule has 2 aromatic heterocycles. The topological polar surface area (TPSA) is 50.9 Å². The number of hydrogen-bond donors (Lipinski definition) is 1. The van der Waals surface area contributed by atoms with E-state index in [1.807, 2.05) is 11.4 Å². The van der Waals surface area contributed by atoms with Gasteiger partial charge in [0, 0.05) is 13.0 Å². The molecule has 0 amide bonds. The third kappa shape index (κ3) is 2.48. The molecule has 0 saturated carbocycles. The van der Waals surface area contributed by atoms with Gasteiger partial charge in [0.25, 0.3) is 0 Å². The fourth-order valence-corrected chi connectivity index (χ4v) is 2.33. The van der Waals surface area contributed by atoms with Gasteiger partial charge in [-0.15, -0.1) is 5.10 Å². The van der Waals surface area contributed by atoms with Crippen LogP contribution in [0.3, 0.4) is 0 Å². The number of aromatic nitrogens is 3. The highest BCUT2D eigenvalue weighted by Gasteiger charge is 2.14. The fraction of sp³-hybridized carbons (Fsp3) is 0.455. The summed E-state index contributed by atoms with van der Waals surface area (Å²) in [5, 5.41) is 22.0. The van der Waals surface area contributed by atoms with Crippen molar-refractivity contribution in [3.05, 3.63) is 34.3 Å². The first kappa shape index (κ1) is 11.3. The van der Waals surface area contributed by atoms with Gasteiger partial charge in [-0.25, -0.2) is 4.68 Å². The SMILES string of the molecule is CCCn1nncc1C(O)Cc1ccsc1. The van der Waals surface area contributed by atoms with Crippen molar-refractivity contribution in [1.29, 1.82) is 0 Å². The van der Waals surface area contributed by atoms with E-state index >= 15 is 0 Å². The van der Waals surface area contributed by atoms with Gasteiger partial charge in [0.1, 0.15) is 6.10 Å². The van der Waals surface area contributed by atoms with E-state index in [0.717, 1.165) is 24.2 Å². The lowest BCUT2D eigenvalue weighted by Crippen LogP contribution is -2.10. The van der Waals surface area contributed by atoms with Crippen molar-refractivity contribution in [1.82, 2.24) is 15.0 Å². The number of aliphatic hydroxyl groups excluding tert-OH is 1. The maximum atomic E-state index is 10.1. The van der Waals surface area contributed by atoms with E-state index in [-0.39, 0.29) is 0 Å². The van der Waals surface area contributed by atoms with Crippen LogP contribution < -0.4 is 0 Å². The number of thiophene rings is 1. The second-order valence-electron chi connectivity index (χ2n) is 3.73. The Morgan fingerprint density at radius 3 is 3.12 bits per heavy atom. The average molecular weight is 237 g/mol. The molecule has 5 heteroatoms. The van der Waals surface area contributed by atoms with E-state index in [2.05, 4.69) is 22.6 Å². The lowest BCUT2D eigenvalue weighted by molar-refractivity contribution is 0.166. The zero-order valence-corrected chi connectivity index (χ0v) is 10.0. The molecule has 86 valence electrons. The van der Waals surface area contributed by atoms with Crippen LogP contribution in [0.5, 0.6) is 0 Å². The molecular formula is C11H15N3OS. The van der Waals surface area contributed by atoms with Crippen molar-refractivity contribution in [3.8, 4) is 0 Å². The standard InChI is InChI=1S/C11H15N3OS/c1-2-4-14-10(7-12-13-14)11(15)6-9-3-5-16-8-9/h3,5,7-8,11,15H,2,4,6H2,1H3. The zero-order chi connectivity index (χ0) is 11.4. The molecule has 0 saturated heterocycles. The van der Waals surface area contributed by atoms with E-state index in [4.69, 9.17) is 0 Å². The molecule has 0 radical (unpaired) electrons. The lowest BCUT2D eigenvalue weighted by atomic mass is 10.1. The van der Waals surface area contributed by atoms with Crippen LogP contribution in [0.4, 0.5) is 0 Å². The predicted octanol–water partition coefficient (Wildman–Crippen LogP) is 2.03. The fourth-order valence-electron chi connectivity index (χ4n) is 1.65. The molecule has 2 rings (SSSR count). The van der Waals surface area contributed by atoms with E-state index in [1.54, 1.807) is 22.2 Å². The average Bonchev–Trinajstić information content (AvgIpc) is 2.89. The minimum absolute atomic E-state index is 0.517. The summed E-state index contributed by atoms with van der Waals surface area (Å²) in [7, 11) is 0. The Balaban J connectivity index is 2.08. The summed E-state index contributed by atoms with van der Waals surface area (Å²) < 4.78 is 1.77. The first-order chi connectivity index (χ1) is 7.81. The maximum absolute atomic E-state index is 10.1. The lowest BCUT2D eigenvalue weighted by Gasteiger charge is -2.10. The molecule has 1 unspecified atom stereocenters. The number of aliphatic hydroxyl groups is 1. The zero-order valence-electron chi connectivity index (χ0n) is 9.21. The normalized spacial score (nSPS) is 12.9. The summed E-state index contributed by atoms with van der Waals surface area (Å²) in [5.41, 5.74) is 1.95. The molecule has 1 N–H and O–H groups in total. The maximum Gasteiger partial charge on any atom is 0.101 e. The van der Waals surface area contributed by atoms with Gasteiger partial charge in [-0.05, 0) is 28.8 Å². The van der Waals surface area contributed by atoms with Crippen molar-refractivity contribution >= 4 is 11.3 Å². The Bertz CT molecular complexity index is 424. The minimum Gasteiger partial charge on any atom is -0.386 e. The molecule has 2 aromatic rings. The van der Waals surface area contributed by atoms with Gasteiger partial charge in [0.15, 0.2) is 0 Å². The first-order valence-corrected chi connectivity index (χ1v) is 6.33. The molecular weight excluding hydrogens is 222 g/mol. The molecule has 0 aliphatic rings. The largest absolute Gasteiger partial charge is 0.386 e. The van der Waals surface area contributed by atoms with Crippen molar-refractivity contribution < 1.29 is 5.11 Å². The number of aryl methyl sites for hydroxylation is 1. The van der Waals surface area contributed by atoms with Gasteiger partial charge < -0.3 is 5.11 Å². The Morgan fingerprint density at radius 2 is 2.44 bits per heavy atom. The van der Waals surface area contributed by atoms with Gasteiger partial charge in [-0.1, -0.05) is 12.1 Å². The van der Waals surface area contributed by atoms with Crippen LogP contribution in [0, 0.1) is 0 Å². The van der Waals surface area contributed by atoms with Crippen molar-refractivity contribution in [2.75, 3.05) is 0 Å². The second-order valence-corrected chi connectivity index (χ2v) is 4.51. The van der Waals surface area contributed by atoms with Crippen LogP contribution in [0.15, 0.2) is 23.0 Å². The van der Waals surface area contributed by atoms with E-state index in [9.17, 15) is 5.11 Å². The Morgan fingerprint density at radius 1 is 1.56 bits per heavy atom. The Hall–Kier alpha value is -1.20. The predicted molar refractivity (Wildman–Crippen MR) is 63.3 cm³/mol. The number of hydrogen-bond acceptors (Lipinski definition) is 4. The second kappa shape index (κ2) is 5.23. The van der Waals surface area contributed by atoms with E-state index in [1.165, 1.54) is 0 Å². The smallest absolute Gasteiger partial charge is 0.101 e. The molecule has 0 aliphatic carbocycles. The molecule has 0 aromatic carbocycles. The minimum atomic E-state index is -0.517. The summed E-state index contributed by atoms with van der Waals surface area (Å²) in [6.07, 6.45) is 2.74. The van der Waals surface area contributed by atoms with Crippen molar-refractivity contribution in [2.45, 2.75) is 32.4 Å². The van der Waals surface area contributed by atoms with Gasteiger partial charge in [0.05, 0.1) is 11.9 Å². The summed E-state index contributed by atoms with van der Waals surface area (Å²) in [4.78, 5) is 0. The van der Waals surface area contributed by atoms with Gasteiger partial charge in [0.2, 0.25) is 0 Å². The van der Waals surface area contributed by atoms with Crippen LogP contribution >= 0.6 is 11.3 Å². The highest BCUT2D eigenvalue weighted by Crippen LogP contribution is 2.18. The molecule has 0 spiro atoms. The van der Waals surface area contributed by atoms with Crippen LogP contribution in [0.2, 0.25) is 0 Å². The van der Waals surface area contributed by atoms with Crippen LogP contribution in [-0.4, -0.2) is 20.1 Å². The summed E-state index contributed by atoms with van der Waals surface area (Å²) in [6, 6.07) is 2.03. The summed E-state index contributed by atoms with van der Waals surface area (Å²) >= 11 is 1.64. The van der Waals surface area contributed by atoms with Gasteiger partial charge in [-0.3, -0.25) is 0 Å². The van der Waals surface area contributed by atoms with Crippen molar-refractivity contribution in [2.24, 2.45) is 0 Å². The van der Waals surface area contributed by atoms with E-state index < -0.39 is 6.10 Å². The monoisotopic (exact) mass is 237 g/mol. The Labute approximate surface area is 98.5 Å². The number of nitrogens with zero attached hydrogens (tertiary/aromatic N) is 3. The van der Waals surface area contributed by atoms with E-state index in [0.29, 0.717) is 6.42 Å². The molecule has 2 heterocycles. The number of rotatable bonds is 5. The van der Waals surface area contributed by atoms with Crippen LogP contribution in [0.1, 0.15) is 30.7 Å². The highest BCUT2D eigenvalue weighted by atomic mass is 32.1. The highest BCUT2D eigenvalue weighted by molar-refractivity contribution is 7.07. The van der Waals surface area contributed by atoms with Crippen LogP contribution in [-0.2, 0) is 13.0 Å². The molecule has 0 bridgehead atoms. The summed E-state index contributed by atoms with van der Waals surface area (Å²) in [6.45, 7) is 2.88. The molecule has 1 atom stereocenters. The third-order valence-corrected chi connectivity index (χ3v) is 3.17. The first-order valence-electron chi connectivity index (χ1n) is 5.38. The molecule has 0 fully saturated rings. The third-order valence-electron chi connectivity index (χ3n) is 2.43. The van der Waals surface area contributed by atoms with Crippen molar-refractivity contribution in [3.63, 3.8) is 0 Å².